The van der Waals surface area contributed by atoms with Crippen molar-refractivity contribution >= 4 is 12.0 Å². The second kappa shape index (κ2) is 6.24. The van der Waals surface area contributed by atoms with Gasteiger partial charge in [-0.2, -0.15) is 0 Å². The van der Waals surface area contributed by atoms with E-state index in [1.165, 1.54) is 0 Å². The Bertz CT molecular complexity index is 408. The van der Waals surface area contributed by atoms with Gasteiger partial charge in [0.1, 0.15) is 6.04 Å². The minimum Gasteiger partial charge on any atom is -0.480 e. The summed E-state index contributed by atoms with van der Waals surface area (Å²) in [6.45, 7) is 8.60. The van der Waals surface area contributed by atoms with Crippen LogP contribution in [0.4, 0.5) is 4.79 Å². The van der Waals surface area contributed by atoms with Gasteiger partial charge in [0.15, 0.2) is 0 Å². The standard InChI is InChI=1S/C16H28N2O3/c1-12-5-9-18(13(11-12)14(19)20)15(21)17-8-4-6-16(2,3)7-10-17/h12-13H,4-11H2,1-3H3,(H,19,20). The van der Waals surface area contributed by atoms with Crippen molar-refractivity contribution in [3.63, 3.8) is 0 Å². The molecule has 5 heteroatoms. The summed E-state index contributed by atoms with van der Waals surface area (Å²) < 4.78 is 0. The molecule has 2 fully saturated rings. The fourth-order valence-electron chi connectivity index (χ4n) is 3.40. The molecule has 0 saturated carbocycles. The number of hydrogen-bond acceptors (Lipinski definition) is 2. The van der Waals surface area contributed by atoms with Crippen molar-refractivity contribution in [2.75, 3.05) is 19.6 Å². The fourth-order valence-corrected chi connectivity index (χ4v) is 3.40. The molecule has 5 nitrogen and oxygen atoms in total. The quantitative estimate of drug-likeness (QED) is 0.809. The minimum absolute atomic E-state index is 0.0769. The van der Waals surface area contributed by atoms with Gasteiger partial charge in [0.25, 0.3) is 0 Å². The number of carboxylic acid groups (broad SMARTS) is 1. The number of carbonyl (C=O) groups is 2. The highest BCUT2D eigenvalue weighted by molar-refractivity contribution is 5.83. The van der Waals surface area contributed by atoms with Crippen LogP contribution in [0.2, 0.25) is 0 Å². The second-order valence-electron chi connectivity index (χ2n) is 7.46. The molecule has 1 N–H and O–H groups in total. The van der Waals surface area contributed by atoms with Crippen LogP contribution >= 0.6 is 0 Å². The molecule has 2 unspecified atom stereocenters. The minimum atomic E-state index is -0.870. The Morgan fingerprint density at radius 1 is 1.14 bits per heavy atom. The highest BCUT2D eigenvalue weighted by Gasteiger charge is 2.37. The number of amides is 2. The molecular formula is C16H28N2O3. The van der Waals surface area contributed by atoms with Crippen LogP contribution in [0.25, 0.3) is 0 Å². The third kappa shape index (κ3) is 3.89. The van der Waals surface area contributed by atoms with E-state index in [0.717, 1.165) is 38.8 Å². The Morgan fingerprint density at radius 3 is 2.52 bits per heavy atom. The number of hydrogen-bond donors (Lipinski definition) is 1. The van der Waals surface area contributed by atoms with E-state index in [9.17, 15) is 14.7 Å². The van der Waals surface area contributed by atoms with Crippen molar-refractivity contribution in [2.45, 2.75) is 58.9 Å². The van der Waals surface area contributed by atoms with Crippen LogP contribution in [-0.2, 0) is 4.79 Å². The molecule has 0 bridgehead atoms. The summed E-state index contributed by atoms with van der Waals surface area (Å²) in [5.74, 6) is -0.497. The van der Waals surface area contributed by atoms with E-state index in [4.69, 9.17) is 0 Å². The maximum Gasteiger partial charge on any atom is 0.326 e. The van der Waals surface area contributed by atoms with Gasteiger partial charge in [0.2, 0.25) is 0 Å². The number of piperidine rings is 1. The van der Waals surface area contributed by atoms with Gasteiger partial charge in [0, 0.05) is 19.6 Å². The average molecular weight is 296 g/mol. The largest absolute Gasteiger partial charge is 0.480 e. The van der Waals surface area contributed by atoms with Crippen LogP contribution in [0.1, 0.15) is 52.9 Å². The van der Waals surface area contributed by atoms with Gasteiger partial charge in [-0.15, -0.1) is 0 Å². The van der Waals surface area contributed by atoms with Crippen molar-refractivity contribution in [3.8, 4) is 0 Å². The zero-order valence-electron chi connectivity index (χ0n) is 13.5. The molecule has 0 radical (unpaired) electrons. The van der Waals surface area contributed by atoms with E-state index in [1.54, 1.807) is 4.90 Å². The predicted molar refractivity (Wildman–Crippen MR) is 81.1 cm³/mol. The summed E-state index contributed by atoms with van der Waals surface area (Å²) in [5, 5.41) is 9.40. The molecule has 0 aliphatic carbocycles. The average Bonchev–Trinajstić information content (AvgIpc) is 2.59. The smallest absolute Gasteiger partial charge is 0.326 e. The lowest BCUT2D eigenvalue weighted by molar-refractivity contribution is -0.144. The van der Waals surface area contributed by atoms with Crippen molar-refractivity contribution in [1.82, 2.24) is 9.80 Å². The van der Waals surface area contributed by atoms with E-state index < -0.39 is 12.0 Å². The van der Waals surface area contributed by atoms with Gasteiger partial charge < -0.3 is 14.9 Å². The third-order valence-electron chi connectivity index (χ3n) is 5.01. The van der Waals surface area contributed by atoms with Crippen LogP contribution in [0.15, 0.2) is 0 Å². The molecule has 0 aromatic carbocycles. The predicted octanol–water partition coefficient (Wildman–Crippen LogP) is 2.80. The lowest BCUT2D eigenvalue weighted by Gasteiger charge is -2.39. The number of aliphatic carboxylic acids is 1. The van der Waals surface area contributed by atoms with Crippen molar-refractivity contribution < 1.29 is 14.7 Å². The summed E-state index contributed by atoms with van der Waals surface area (Å²) in [5.41, 5.74) is 0.275. The molecule has 0 spiro atoms. The summed E-state index contributed by atoms with van der Waals surface area (Å²) in [4.78, 5) is 27.6. The van der Waals surface area contributed by atoms with Gasteiger partial charge in [-0.25, -0.2) is 9.59 Å². The molecule has 0 aromatic heterocycles. The summed E-state index contributed by atoms with van der Waals surface area (Å²) in [6, 6.07) is -0.732. The molecule has 21 heavy (non-hydrogen) atoms. The van der Waals surface area contributed by atoms with Gasteiger partial charge in [-0.05, 0) is 43.4 Å². The lowest BCUT2D eigenvalue weighted by Crippen LogP contribution is -2.54. The highest BCUT2D eigenvalue weighted by atomic mass is 16.4. The van der Waals surface area contributed by atoms with E-state index in [2.05, 4.69) is 20.8 Å². The van der Waals surface area contributed by atoms with Crippen LogP contribution < -0.4 is 0 Å². The molecule has 2 amide bonds. The third-order valence-corrected chi connectivity index (χ3v) is 5.01. The summed E-state index contributed by atoms with van der Waals surface area (Å²) in [7, 11) is 0. The topological polar surface area (TPSA) is 60.9 Å². The molecule has 2 saturated heterocycles. The normalized spacial score (nSPS) is 29.9. The first-order valence-electron chi connectivity index (χ1n) is 8.08. The fraction of sp³-hybridized carbons (Fsp3) is 0.875. The highest BCUT2D eigenvalue weighted by Crippen LogP contribution is 2.31. The zero-order valence-corrected chi connectivity index (χ0v) is 13.5. The zero-order chi connectivity index (χ0) is 15.6. The molecular weight excluding hydrogens is 268 g/mol. The number of urea groups is 1. The molecule has 2 atom stereocenters. The molecule has 0 aromatic rings. The summed E-state index contributed by atoms with van der Waals surface area (Å²) in [6.07, 6.45) is 4.58. The Balaban J connectivity index is 2.05. The Labute approximate surface area is 127 Å². The Kier molecular flexibility index (Phi) is 4.79. The number of nitrogens with zero attached hydrogens (tertiary/aromatic N) is 2. The monoisotopic (exact) mass is 296 g/mol. The van der Waals surface area contributed by atoms with Crippen molar-refractivity contribution in [1.29, 1.82) is 0 Å². The number of carboxylic acids is 1. The maximum atomic E-state index is 12.7. The van der Waals surface area contributed by atoms with E-state index in [-0.39, 0.29) is 11.4 Å². The summed E-state index contributed by atoms with van der Waals surface area (Å²) >= 11 is 0. The van der Waals surface area contributed by atoms with E-state index in [1.807, 2.05) is 4.90 Å². The van der Waals surface area contributed by atoms with Crippen molar-refractivity contribution in [3.05, 3.63) is 0 Å². The maximum absolute atomic E-state index is 12.7. The van der Waals surface area contributed by atoms with Crippen LogP contribution in [0.3, 0.4) is 0 Å². The first-order valence-corrected chi connectivity index (χ1v) is 8.08. The SMILES string of the molecule is CC1CCN(C(=O)N2CCCC(C)(C)CC2)C(C(=O)O)C1. The number of likely N-dealkylation sites (tertiary alicyclic amines) is 2. The molecule has 120 valence electrons. The van der Waals surface area contributed by atoms with Crippen LogP contribution in [0, 0.1) is 11.3 Å². The Morgan fingerprint density at radius 2 is 1.86 bits per heavy atom. The van der Waals surface area contributed by atoms with Crippen molar-refractivity contribution in [2.24, 2.45) is 11.3 Å². The number of rotatable bonds is 1. The number of carbonyl (C=O) groups excluding carboxylic acids is 1. The molecule has 2 heterocycles. The van der Waals surface area contributed by atoms with Gasteiger partial charge in [0.05, 0.1) is 0 Å². The first kappa shape index (κ1) is 16.1. The van der Waals surface area contributed by atoms with Gasteiger partial charge >= 0.3 is 12.0 Å². The first-order chi connectivity index (χ1) is 9.80. The molecule has 2 rings (SSSR count). The molecule has 2 aliphatic heterocycles. The lowest BCUT2D eigenvalue weighted by atomic mass is 9.85. The van der Waals surface area contributed by atoms with Crippen LogP contribution in [-0.4, -0.2) is 52.6 Å². The molecule has 2 aliphatic rings. The second-order valence-corrected chi connectivity index (χ2v) is 7.46. The van der Waals surface area contributed by atoms with E-state index in [0.29, 0.717) is 18.9 Å². The van der Waals surface area contributed by atoms with E-state index >= 15 is 0 Å². The van der Waals surface area contributed by atoms with Gasteiger partial charge in [-0.1, -0.05) is 20.8 Å². The van der Waals surface area contributed by atoms with Crippen LogP contribution in [0.5, 0.6) is 0 Å². The Hall–Kier alpha value is -1.26. The van der Waals surface area contributed by atoms with Gasteiger partial charge in [-0.3, -0.25) is 0 Å².